The Hall–Kier alpha value is -0.820. The largest absolute Gasteiger partial charge is 0.328 e. The fraction of sp³-hybridized carbons (Fsp3) is 0.500. The summed E-state index contributed by atoms with van der Waals surface area (Å²) in [5, 5.41) is 0. The standard InChI is InChI=1S/C12H18N/c1-13(2,3)12-9-11(12)10-7-5-4-6-8-10/h4-8,11-12H,9H2,1-3H3/q+1/t11-,12-/m0/s1. The topological polar surface area (TPSA) is 0 Å². The molecule has 0 unspecified atom stereocenters. The average Bonchev–Trinajstić information content (AvgIpc) is 2.83. The van der Waals surface area contributed by atoms with Gasteiger partial charge < -0.3 is 4.48 Å². The molecule has 2 atom stereocenters. The first-order valence-electron chi connectivity index (χ1n) is 4.95. The van der Waals surface area contributed by atoms with Gasteiger partial charge in [-0.2, -0.15) is 0 Å². The molecule has 70 valence electrons. The fourth-order valence-electron chi connectivity index (χ4n) is 2.10. The summed E-state index contributed by atoms with van der Waals surface area (Å²) in [6.07, 6.45) is 1.35. The molecule has 0 bridgehead atoms. The van der Waals surface area contributed by atoms with Crippen molar-refractivity contribution >= 4 is 0 Å². The Kier molecular flexibility index (Phi) is 1.92. The van der Waals surface area contributed by atoms with Gasteiger partial charge in [0.2, 0.25) is 0 Å². The molecule has 1 nitrogen and oxygen atoms in total. The summed E-state index contributed by atoms with van der Waals surface area (Å²) in [5.74, 6) is 0.807. The average molecular weight is 176 g/mol. The van der Waals surface area contributed by atoms with Crippen molar-refractivity contribution < 1.29 is 4.48 Å². The first-order valence-corrected chi connectivity index (χ1v) is 4.95. The molecule has 1 aliphatic carbocycles. The van der Waals surface area contributed by atoms with Crippen LogP contribution in [0.1, 0.15) is 17.9 Å². The number of hydrogen-bond donors (Lipinski definition) is 0. The highest BCUT2D eigenvalue weighted by molar-refractivity contribution is 5.26. The molecule has 0 amide bonds. The van der Waals surface area contributed by atoms with Crippen molar-refractivity contribution in [2.24, 2.45) is 0 Å². The van der Waals surface area contributed by atoms with Crippen molar-refractivity contribution in [3.63, 3.8) is 0 Å². The van der Waals surface area contributed by atoms with Crippen LogP contribution in [0.15, 0.2) is 30.3 Å². The van der Waals surface area contributed by atoms with Gasteiger partial charge in [-0.15, -0.1) is 0 Å². The number of likely N-dealkylation sites (N-methyl/N-ethyl adjacent to an activating group) is 1. The molecule has 0 N–H and O–H groups in total. The first-order chi connectivity index (χ1) is 6.09. The van der Waals surface area contributed by atoms with Crippen molar-refractivity contribution in [2.75, 3.05) is 21.1 Å². The van der Waals surface area contributed by atoms with Crippen LogP contribution in [-0.4, -0.2) is 31.7 Å². The normalized spacial score (nSPS) is 27.3. The van der Waals surface area contributed by atoms with Crippen LogP contribution >= 0.6 is 0 Å². The summed E-state index contributed by atoms with van der Waals surface area (Å²) in [4.78, 5) is 0. The smallest absolute Gasteiger partial charge is 0.0964 e. The van der Waals surface area contributed by atoms with Gasteiger partial charge in [0, 0.05) is 12.3 Å². The van der Waals surface area contributed by atoms with Gasteiger partial charge in [-0.05, 0) is 5.56 Å². The molecule has 0 spiro atoms. The van der Waals surface area contributed by atoms with Crippen LogP contribution < -0.4 is 0 Å². The lowest BCUT2D eigenvalue weighted by Gasteiger charge is -2.24. The van der Waals surface area contributed by atoms with Crippen LogP contribution in [0.25, 0.3) is 0 Å². The van der Waals surface area contributed by atoms with Crippen LogP contribution in [0, 0.1) is 0 Å². The van der Waals surface area contributed by atoms with Crippen LogP contribution in [0.5, 0.6) is 0 Å². The molecule has 0 saturated heterocycles. The third-order valence-corrected chi connectivity index (χ3v) is 2.98. The highest BCUT2D eigenvalue weighted by atomic mass is 15.3. The van der Waals surface area contributed by atoms with E-state index in [1.165, 1.54) is 12.0 Å². The Morgan fingerprint density at radius 1 is 1.08 bits per heavy atom. The van der Waals surface area contributed by atoms with E-state index in [0.29, 0.717) is 0 Å². The minimum absolute atomic E-state index is 0.807. The van der Waals surface area contributed by atoms with Crippen LogP contribution in [0.2, 0.25) is 0 Å². The van der Waals surface area contributed by atoms with Crippen molar-refractivity contribution in [3.05, 3.63) is 35.9 Å². The molecule has 1 aromatic carbocycles. The lowest BCUT2D eigenvalue weighted by Crippen LogP contribution is -2.37. The summed E-state index contributed by atoms with van der Waals surface area (Å²) in [6.45, 7) is 0. The lowest BCUT2D eigenvalue weighted by molar-refractivity contribution is -0.882. The van der Waals surface area contributed by atoms with Gasteiger partial charge >= 0.3 is 0 Å². The number of benzene rings is 1. The van der Waals surface area contributed by atoms with E-state index in [1.54, 1.807) is 0 Å². The van der Waals surface area contributed by atoms with Gasteiger partial charge in [-0.1, -0.05) is 30.3 Å². The van der Waals surface area contributed by atoms with Crippen molar-refractivity contribution in [1.29, 1.82) is 0 Å². The van der Waals surface area contributed by atoms with Gasteiger partial charge in [0.1, 0.15) is 0 Å². The summed E-state index contributed by atoms with van der Waals surface area (Å²) >= 11 is 0. The van der Waals surface area contributed by atoms with E-state index in [1.807, 2.05) is 0 Å². The van der Waals surface area contributed by atoms with Gasteiger partial charge in [0.05, 0.1) is 27.2 Å². The Bertz CT molecular complexity index is 284. The molecular weight excluding hydrogens is 158 g/mol. The summed E-state index contributed by atoms with van der Waals surface area (Å²) in [7, 11) is 6.86. The van der Waals surface area contributed by atoms with E-state index in [2.05, 4.69) is 51.5 Å². The van der Waals surface area contributed by atoms with E-state index in [0.717, 1.165) is 16.4 Å². The van der Waals surface area contributed by atoms with Gasteiger partial charge in [0.25, 0.3) is 0 Å². The van der Waals surface area contributed by atoms with Crippen LogP contribution in [-0.2, 0) is 0 Å². The molecule has 1 aliphatic rings. The maximum Gasteiger partial charge on any atom is 0.0964 e. The van der Waals surface area contributed by atoms with Crippen molar-refractivity contribution in [1.82, 2.24) is 0 Å². The zero-order chi connectivity index (χ0) is 9.47. The Balaban J connectivity index is 2.09. The quantitative estimate of drug-likeness (QED) is 0.606. The number of hydrogen-bond acceptors (Lipinski definition) is 0. The second-order valence-corrected chi connectivity index (χ2v) is 4.94. The summed E-state index contributed by atoms with van der Waals surface area (Å²) in [6, 6.07) is 11.7. The minimum Gasteiger partial charge on any atom is -0.328 e. The minimum atomic E-state index is 0.807. The highest BCUT2D eigenvalue weighted by Crippen LogP contribution is 2.45. The predicted octanol–water partition coefficient (Wildman–Crippen LogP) is 2.25. The van der Waals surface area contributed by atoms with Gasteiger partial charge in [-0.3, -0.25) is 0 Å². The van der Waals surface area contributed by atoms with E-state index in [9.17, 15) is 0 Å². The molecule has 1 fully saturated rings. The van der Waals surface area contributed by atoms with Crippen molar-refractivity contribution in [3.8, 4) is 0 Å². The summed E-state index contributed by atoms with van der Waals surface area (Å²) < 4.78 is 1.10. The second-order valence-electron chi connectivity index (χ2n) is 4.94. The predicted molar refractivity (Wildman–Crippen MR) is 55.6 cm³/mol. The zero-order valence-electron chi connectivity index (χ0n) is 8.70. The molecule has 0 aliphatic heterocycles. The second kappa shape index (κ2) is 2.85. The van der Waals surface area contributed by atoms with E-state index >= 15 is 0 Å². The Morgan fingerprint density at radius 2 is 1.69 bits per heavy atom. The number of quaternary nitrogens is 1. The van der Waals surface area contributed by atoms with E-state index in [-0.39, 0.29) is 0 Å². The molecular formula is C12H18N+. The molecule has 0 radical (unpaired) electrons. The number of rotatable bonds is 2. The zero-order valence-corrected chi connectivity index (χ0v) is 8.70. The number of nitrogens with zero attached hydrogens (tertiary/aromatic N) is 1. The first kappa shape index (κ1) is 8.76. The Morgan fingerprint density at radius 3 is 2.15 bits per heavy atom. The lowest BCUT2D eigenvalue weighted by atomic mass is 10.1. The van der Waals surface area contributed by atoms with Gasteiger partial charge in [-0.25, -0.2) is 0 Å². The van der Waals surface area contributed by atoms with Crippen molar-refractivity contribution in [2.45, 2.75) is 18.4 Å². The maximum absolute atomic E-state index is 2.29. The molecule has 1 heteroatoms. The van der Waals surface area contributed by atoms with E-state index < -0.39 is 0 Å². The fourth-order valence-corrected chi connectivity index (χ4v) is 2.10. The SMILES string of the molecule is C[N+](C)(C)[C@H]1C[C@H]1c1ccccc1. The molecule has 0 heterocycles. The highest BCUT2D eigenvalue weighted by Gasteiger charge is 2.48. The van der Waals surface area contributed by atoms with Crippen LogP contribution in [0.4, 0.5) is 0 Å². The molecule has 13 heavy (non-hydrogen) atoms. The third kappa shape index (κ3) is 1.75. The van der Waals surface area contributed by atoms with E-state index in [4.69, 9.17) is 0 Å². The van der Waals surface area contributed by atoms with Gasteiger partial charge in [0.15, 0.2) is 0 Å². The molecule has 0 aromatic heterocycles. The van der Waals surface area contributed by atoms with Crippen LogP contribution in [0.3, 0.4) is 0 Å². The molecule has 1 saturated carbocycles. The molecule has 1 aromatic rings. The Labute approximate surface area is 80.6 Å². The monoisotopic (exact) mass is 176 g/mol. The summed E-state index contributed by atoms with van der Waals surface area (Å²) in [5.41, 5.74) is 1.51. The maximum atomic E-state index is 2.29. The molecule has 2 rings (SSSR count). The third-order valence-electron chi connectivity index (χ3n) is 2.98.